The summed E-state index contributed by atoms with van der Waals surface area (Å²) in [6.07, 6.45) is 5.15. The molecule has 0 bridgehead atoms. The van der Waals surface area contributed by atoms with Crippen molar-refractivity contribution in [2.24, 2.45) is 0 Å². The summed E-state index contributed by atoms with van der Waals surface area (Å²) in [5.74, 6) is -0.0206. The number of benzene rings is 1. The minimum atomic E-state index is -0.532. The van der Waals surface area contributed by atoms with Crippen molar-refractivity contribution in [3.05, 3.63) is 47.1 Å². The van der Waals surface area contributed by atoms with Crippen LogP contribution in [0.5, 0.6) is 0 Å². The lowest BCUT2D eigenvalue weighted by Gasteiger charge is -2.37. The normalized spacial score (nSPS) is 14.4. The Balaban J connectivity index is 1.39. The van der Waals surface area contributed by atoms with Gasteiger partial charge in [-0.15, -0.1) is 0 Å². The smallest absolute Gasteiger partial charge is 0.410 e. The zero-order chi connectivity index (χ0) is 27.2. The monoisotopic (exact) mass is 538 g/mol. The number of rotatable bonds is 4. The van der Waals surface area contributed by atoms with Crippen LogP contribution in [-0.2, 0) is 11.3 Å². The van der Waals surface area contributed by atoms with Gasteiger partial charge < -0.3 is 24.3 Å². The molecule has 1 N–H and O–H groups in total. The van der Waals surface area contributed by atoms with Gasteiger partial charge in [0.1, 0.15) is 11.1 Å². The van der Waals surface area contributed by atoms with Gasteiger partial charge in [0.25, 0.3) is 5.91 Å². The van der Waals surface area contributed by atoms with E-state index in [1.807, 2.05) is 57.8 Å². The molecular formula is C26H31ClN8O3. The summed E-state index contributed by atoms with van der Waals surface area (Å²) >= 11 is 6.29. The van der Waals surface area contributed by atoms with Crippen molar-refractivity contribution in [3.8, 4) is 0 Å². The van der Waals surface area contributed by atoms with Crippen molar-refractivity contribution in [1.29, 1.82) is 0 Å². The Labute approximate surface area is 225 Å². The number of aromatic nitrogens is 5. The molecule has 0 saturated carbocycles. The standard InChI is InChI=1S/C26H31ClN8O3/c1-6-35-14-18-19(32-9-11-33(12-10-32)25(37)38-26(3,4)5)8-7-17(21(18)31-35)24(36)30-20-15-34-13-16(2)28-23(34)22(27)29-20/h7-8,13-15H,6,9-12H2,1-5H3,(H,30,36). The fourth-order valence-electron chi connectivity index (χ4n) is 4.54. The maximum absolute atomic E-state index is 13.4. The van der Waals surface area contributed by atoms with E-state index >= 15 is 0 Å². The van der Waals surface area contributed by atoms with Gasteiger partial charge in [0, 0.05) is 56.2 Å². The molecule has 0 unspecified atom stereocenters. The molecule has 1 saturated heterocycles. The van der Waals surface area contributed by atoms with Crippen LogP contribution in [0.4, 0.5) is 16.3 Å². The number of halogens is 1. The number of ether oxygens (including phenoxy) is 1. The molecule has 0 spiro atoms. The topological polar surface area (TPSA) is 110 Å². The number of piperazine rings is 1. The van der Waals surface area contributed by atoms with Crippen molar-refractivity contribution in [2.75, 3.05) is 36.4 Å². The first-order valence-electron chi connectivity index (χ1n) is 12.6. The molecule has 11 nitrogen and oxygen atoms in total. The highest BCUT2D eigenvalue weighted by Gasteiger charge is 2.27. The second-order valence-electron chi connectivity index (χ2n) is 10.3. The number of aryl methyl sites for hydroxylation is 2. The van der Waals surface area contributed by atoms with E-state index in [1.165, 1.54) is 0 Å². The molecule has 0 aliphatic carbocycles. The fraction of sp³-hybridized carbons (Fsp3) is 0.423. The van der Waals surface area contributed by atoms with Gasteiger partial charge in [-0.2, -0.15) is 5.10 Å². The number of carbonyl (C=O) groups excluding carboxylic acids is 2. The molecular weight excluding hydrogens is 508 g/mol. The van der Waals surface area contributed by atoms with Crippen molar-refractivity contribution < 1.29 is 14.3 Å². The van der Waals surface area contributed by atoms with Crippen LogP contribution in [-0.4, -0.2) is 72.8 Å². The number of fused-ring (bicyclic) bond motifs is 2. The molecule has 0 atom stereocenters. The number of imidazole rings is 1. The summed E-state index contributed by atoms with van der Waals surface area (Å²) in [5.41, 5.74) is 2.80. The van der Waals surface area contributed by atoms with E-state index in [0.717, 1.165) is 16.8 Å². The third-order valence-corrected chi connectivity index (χ3v) is 6.55. The Morgan fingerprint density at radius 2 is 1.82 bits per heavy atom. The van der Waals surface area contributed by atoms with E-state index in [-0.39, 0.29) is 17.2 Å². The first-order chi connectivity index (χ1) is 18.0. The summed E-state index contributed by atoms with van der Waals surface area (Å²) in [4.78, 5) is 38.4. The van der Waals surface area contributed by atoms with Crippen LogP contribution >= 0.6 is 11.6 Å². The molecule has 38 heavy (non-hydrogen) atoms. The molecule has 200 valence electrons. The largest absolute Gasteiger partial charge is 0.444 e. The van der Waals surface area contributed by atoms with E-state index in [1.54, 1.807) is 21.6 Å². The highest BCUT2D eigenvalue weighted by atomic mass is 35.5. The number of anilines is 2. The first-order valence-corrected chi connectivity index (χ1v) is 13.0. The highest BCUT2D eigenvalue weighted by molar-refractivity contribution is 6.32. The molecule has 1 aromatic carbocycles. The lowest BCUT2D eigenvalue weighted by molar-refractivity contribution is 0.0240. The second kappa shape index (κ2) is 9.79. The van der Waals surface area contributed by atoms with Gasteiger partial charge in [-0.25, -0.2) is 14.8 Å². The average Bonchev–Trinajstić information content (AvgIpc) is 3.46. The zero-order valence-electron chi connectivity index (χ0n) is 22.2. The van der Waals surface area contributed by atoms with Gasteiger partial charge in [0.15, 0.2) is 16.6 Å². The molecule has 5 rings (SSSR count). The predicted octanol–water partition coefficient (Wildman–Crippen LogP) is 4.37. The summed E-state index contributed by atoms with van der Waals surface area (Å²) in [7, 11) is 0. The molecule has 1 fully saturated rings. The van der Waals surface area contributed by atoms with E-state index in [2.05, 4.69) is 25.3 Å². The van der Waals surface area contributed by atoms with Crippen molar-refractivity contribution >= 4 is 51.7 Å². The Bertz CT molecular complexity index is 1530. The Morgan fingerprint density at radius 1 is 1.08 bits per heavy atom. The lowest BCUT2D eigenvalue weighted by Crippen LogP contribution is -2.50. The Hall–Kier alpha value is -3.86. The van der Waals surface area contributed by atoms with Crippen LogP contribution in [0, 0.1) is 6.92 Å². The average molecular weight is 539 g/mol. The number of hydrogen-bond donors (Lipinski definition) is 1. The number of carbonyl (C=O) groups is 2. The maximum atomic E-state index is 13.4. The molecule has 1 aliphatic heterocycles. The van der Waals surface area contributed by atoms with Gasteiger partial charge in [-0.1, -0.05) is 11.6 Å². The summed E-state index contributed by atoms with van der Waals surface area (Å²) < 4.78 is 9.08. The minimum Gasteiger partial charge on any atom is -0.444 e. The van der Waals surface area contributed by atoms with Crippen molar-refractivity contribution in [3.63, 3.8) is 0 Å². The minimum absolute atomic E-state index is 0.206. The number of amides is 2. The van der Waals surface area contributed by atoms with Gasteiger partial charge >= 0.3 is 6.09 Å². The van der Waals surface area contributed by atoms with E-state index in [4.69, 9.17) is 16.3 Å². The SMILES string of the molecule is CCn1cc2c(N3CCN(C(=O)OC(C)(C)C)CC3)ccc(C(=O)Nc3cn4cc(C)nc4c(Cl)n3)c2n1. The summed E-state index contributed by atoms with van der Waals surface area (Å²) in [6, 6.07) is 3.71. The van der Waals surface area contributed by atoms with Crippen molar-refractivity contribution in [2.45, 2.75) is 46.8 Å². The molecule has 0 radical (unpaired) electrons. The lowest BCUT2D eigenvalue weighted by atomic mass is 10.1. The summed E-state index contributed by atoms with van der Waals surface area (Å²) in [5, 5.41) is 8.62. The second-order valence-corrected chi connectivity index (χ2v) is 10.7. The van der Waals surface area contributed by atoms with Crippen LogP contribution < -0.4 is 10.2 Å². The number of hydrogen-bond acceptors (Lipinski definition) is 7. The molecule has 4 aromatic rings. The molecule has 2 amide bonds. The maximum Gasteiger partial charge on any atom is 0.410 e. The highest BCUT2D eigenvalue weighted by Crippen LogP contribution is 2.31. The van der Waals surface area contributed by atoms with Crippen LogP contribution in [0.1, 0.15) is 43.7 Å². The third-order valence-electron chi connectivity index (χ3n) is 6.30. The Morgan fingerprint density at radius 3 is 2.50 bits per heavy atom. The predicted molar refractivity (Wildman–Crippen MR) is 146 cm³/mol. The fourth-order valence-corrected chi connectivity index (χ4v) is 4.77. The van der Waals surface area contributed by atoms with Crippen LogP contribution in [0.25, 0.3) is 16.6 Å². The quantitative estimate of drug-likeness (QED) is 0.411. The first kappa shape index (κ1) is 25.8. The molecule has 4 heterocycles. The van der Waals surface area contributed by atoms with E-state index < -0.39 is 5.60 Å². The number of nitrogens with one attached hydrogen (secondary N) is 1. The molecule has 12 heteroatoms. The van der Waals surface area contributed by atoms with Crippen LogP contribution in [0.3, 0.4) is 0 Å². The van der Waals surface area contributed by atoms with Gasteiger partial charge in [0.05, 0.1) is 17.5 Å². The molecule has 3 aromatic heterocycles. The van der Waals surface area contributed by atoms with E-state index in [0.29, 0.717) is 55.3 Å². The van der Waals surface area contributed by atoms with Gasteiger partial charge in [-0.05, 0) is 46.8 Å². The molecule has 1 aliphatic rings. The van der Waals surface area contributed by atoms with Crippen molar-refractivity contribution in [1.82, 2.24) is 29.0 Å². The van der Waals surface area contributed by atoms with Gasteiger partial charge in [0.2, 0.25) is 0 Å². The van der Waals surface area contributed by atoms with Crippen LogP contribution in [0.15, 0.2) is 30.7 Å². The third kappa shape index (κ3) is 5.10. The zero-order valence-corrected chi connectivity index (χ0v) is 22.9. The van der Waals surface area contributed by atoms with Gasteiger partial charge in [-0.3, -0.25) is 9.48 Å². The Kier molecular flexibility index (Phi) is 6.64. The van der Waals surface area contributed by atoms with E-state index in [9.17, 15) is 9.59 Å². The van der Waals surface area contributed by atoms with Crippen LogP contribution in [0.2, 0.25) is 5.15 Å². The number of nitrogens with zero attached hydrogens (tertiary/aromatic N) is 7. The summed E-state index contributed by atoms with van der Waals surface area (Å²) in [6.45, 7) is 12.5.